The number of carbonyl (C=O) groups excluding carboxylic acids is 1. The summed E-state index contributed by atoms with van der Waals surface area (Å²) in [6, 6.07) is 8.07. The third-order valence-corrected chi connectivity index (χ3v) is 7.13. The first-order chi connectivity index (χ1) is 17.1. The maximum atomic E-state index is 13.2. The number of fused-ring (bicyclic) bond motifs is 1. The predicted octanol–water partition coefficient (Wildman–Crippen LogP) is 3.60. The van der Waals surface area contributed by atoms with E-state index < -0.39 is 0 Å². The van der Waals surface area contributed by atoms with Gasteiger partial charge in [0.2, 0.25) is 0 Å². The van der Waals surface area contributed by atoms with Crippen molar-refractivity contribution in [1.29, 1.82) is 0 Å². The molecule has 9 nitrogen and oxygen atoms in total. The van der Waals surface area contributed by atoms with Gasteiger partial charge < -0.3 is 30.0 Å². The lowest BCUT2D eigenvalue weighted by Gasteiger charge is -2.40. The summed E-state index contributed by atoms with van der Waals surface area (Å²) in [6.07, 6.45) is 3.96. The van der Waals surface area contributed by atoms with Crippen molar-refractivity contribution >= 4 is 34.1 Å². The fraction of sp³-hybridized carbons (Fsp3) is 0.462. The molecule has 0 radical (unpaired) electrons. The van der Waals surface area contributed by atoms with Gasteiger partial charge in [0.15, 0.2) is 0 Å². The van der Waals surface area contributed by atoms with E-state index in [0.717, 1.165) is 80.2 Å². The van der Waals surface area contributed by atoms with Gasteiger partial charge in [-0.25, -0.2) is 4.98 Å². The van der Waals surface area contributed by atoms with Crippen LogP contribution in [0.1, 0.15) is 28.8 Å². The van der Waals surface area contributed by atoms with Crippen LogP contribution in [0, 0.1) is 6.92 Å². The number of H-pyrrole nitrogens is 1. The fourth-order valence-electron chi connectivity index (χ4n) is 5.18. The Labute approximate surface area is 205 Å². The van der Waals surface area contributed by atoms with Gasteiger partial charge in [-0.2, -0.15) is 0 Å². The minimum Gasteiger partial charge on any atom is -0.495 e. The number of rotatable bonds is 6. The van der Waals surface area contributed by atoms with E-state index in [-0.39, 0.29) is 5.91 Å². The molecule has 1 amide bonds. The number of morpholine rings is 1. The summed E-state index contributed by atoms with van der Waals surface area (Å²) in [7, 11) is 3.52. The molecule has 1 aromatic carbocycles. The third-order valence-electron chi connectivity index (χ3n) is 7.13. The van der Waals surface area contributed by atoms with E-state index in [1.54, 1.807) is 7.11 Å². The number of nitrogens with one attached hydrogen (secondary N) is 3. The standard InChI is InChI=1S/C26H34N6O3/c1-17-16-28-25-24(17)21(27-2)15-23(30-25)29-20-5-4-18(14-22(20)34-3)26(33)32-8-6-19(7-9-32)31-10-12-35-13-11-31/h4-5,14-16,19H,6-13H2,1-3H3,(H3,27,28,29,30). The number of pyridine rings is 1. The predicted molar refractivity (Wildman–Crippen MR) is 138 cm³/mol. The summed E-state index contributed by atoms with van der Waals surface area (Å²) in [4.78, 5) is 25.6. The van der Waals surface area contributed by atoms with E-state index in [1.807, 2.05) is 42.4 Å². The lowest BCUT2D eigenvalue weighted by atomic mass is 10.0. The second-order valence-electron chi connectivity index (χ2n) is 9.21. The summed E-state index contributed by atoms with van der Waals surface area (Å²) in [5.41, 5.74) is 4.33. The van der Waals surface area contributed by atoms with Gasteiger partial charge in [-0.15, -0.1) is 0 Å². The van der Waals surface area contributed by atoms with Crippen molar-refractivity contribution in [3.8, 4) is 5.75 Å². The highest BCUT2D eigenvalue weighted by atomic mass is 16.5. The molecular formula is C26H34N6O3. The van der Waals surface area contributed by atoms with Gasteiger partial charge in [-0.05, 0) is 43.5 Å². The highest BCUT2D eigenvalue weighted by Gasteiger charge is 2.28. The number of aryl methyl sites for hydroxylation is 1. The summed E-state index contributed by atoms with van der Waals surface area (Å²) in [5.74, 6) is 1.34. The number of methoxy groups -OCH3 is 1. The number of amides is 1. The van der Waals surface area contributed by atoms with Crippen LogP contribution in [0.4, 0.5) is 17.2 Å². The molecule has 2 saturated heterocycles. The molecule has 0 unspecified atom stereocenters. The van der Waals surface area contributed by atoms with Gasteiger partial charge in [0.1, 0.15) is 17.2 Å². The van der Waals surface area contributed by atoms with Gasteiger partial charge in [-0.3, -0.25) is 9.69 Å². The Hall–Kier alpha value is -3.30. The second kappa shape index (κ2) is 10.1. The number of aromatic amines is 1. The molecule has 3 N–H and O–H groups in total. The number of ether oxygens (including phenoxy) is 2. The van der Waals surface area contributed by atoms with Crippen LogP contribution in [-0.2, 0) is 4.74 Å². The number of carbonyl (C=O) groups is 1. The first kappa shape index (κ1) is 23.4. The lowest BCUT2D eigenvalue weighted by molar-refractivity contribution is 0.00159. The van der Waals surface area contributed by atoms with E-state index >= 15 is 0 Å². The Morgan fingerprint density at radius 1 is 1.14 bits per heavy atom. The van der Waals surface area contributed by atoms with Crippen molar-refractivity contribution in [2.45, 2.75) is 25.8 Å². The lowest BCUT2D eigenvalue weighted by Crippen LogP contribution is -2.50. The van der Waals surface area contributed by atoms with Crippen molar-refractivity contribution in [3.63, 3.8) is 0 Å². The van der Waals surface area contributed by atoms with Gasteiger partial charge in [0, 0.05) is 68.2 Å². The molecule has 0 spiro atoms. The number of aromatic nitrogens is 2. The molecule has 3 aromatic rings. The first-order valence-electron chi connectivity index (χ1n) is 12.3. The molecule has 35 heavy (non-hydrogen) atoms. The minimum atomic E-state index is 0.0501. The molecule has 2 aliphatic heterocycles. The van der Waals surface area contributed by atoms with Crippen molar-refractivity contribution in [2.75, 3.05) is 64.2 Å². The zero-order valence-corrected chi connectivity index (χ0v) is 20.7. The molecule has 9 heteroatoms. The molecule has 0 aliphatic carbocycles. The average molecular weight is 479 g/mol. The molecule has 0 bridgehead atoms. The van der Waals surface area contributed by atoms with Crippen LogP contribution in [0.5, 0.6) is 5.75 Å². The molecule has 0 saturated carbocycles. The maximum absolute atomic E-state index is 13.2. The van der Waals surface area contributed by atoms with Gasteiger partial charge in [-0.1, -0.05) is 0 Å². The summed E-state index contributed by atoms with van der Waals surface area (Å²) in [5, 5.41) is 7.67. The second-order valence-corrected chi connectivity index (χ2v) is 9.21. The Bertz CT molecular complexity index is 1200. The zero-order chi connectivity index (χ0) is 24.4. The number of nitrogens with zero attached hydrogens (tertiary/aromatic N) is 3. The highest BCUT2D eigenvalue weighted by Crippen LogP contribution is 2.33. The smallest absolute Gasteiger partial charge is 0.253 e. The van der Waals surface area contributed by atoms with E-state index in [4.69, 9.17) is 14.5 Å². The normalized spacial score (nSPS) is 17.5. The molecule has 5 rings (SSSR count). The fourth-order valence-corrected chi connectivity index (χ4v) is 5.18. The highest BCUT2D eigenvalue weighted by molar-refractivity contribution is 5.96. The van der Waals surface area contributed by atoms with Crippen LogP contribution in [0.3, 0.4) is 0 Å². The van der Waals surface area contributed by atoms with Crippen LogP contribution in [0.15, 0.2) is 30.5 Å². The van der Waals surface area contributed by atoms with Crippen molar-refractivity contribution in [3.05, 3.63) is 41.6 Å². The maximum Gasteiger partial charge on any atom is 0.253 e. The molecule has 4 heterocycles. The number of likely N-dealkylation sites (tertiary alicyclic amines) is 1. The monoisotopic (exact) mass is 478 g/mol. The average Bonchev–Trinajstić information content (AvgIpc) is 3.29. The third kappa shape index (κ3) is 4.78. The molecule has 186 valence electrons. The zero-order valence-electron chi connectivity index (χ0n) is 20.7. The first-order valence-corrected chi connectivity index (χ1v) is 12.3. The largest absolute Gasteiger partial charge is 0.495 e. The summed E-state index contributed by atoms with van der Waals surface area (Å²) < 4.78 is 11.1. The molecule has 2 fully saturated rings. The Kier molecular flexibility index (Phi) is 6.79. The molecular weight excluding hydrogens is 444 g/mol. The Morgan fingerprint density at radius 3 is 2.63 bits per heavy atom. The molecule has 0 atom stereocenters. The quantitative estimate of drug-likeness (QED) is 0.498. The Morgan fingerprint density at radius 2 is 1.91 bits per heavy atom. The van der Waals surface area contributed by atoms with Crippen LogP contribution < -0.4 is 15.4 Å². The number of anilines is 3. The van der Waals surface area contributed by atoms with Crippen molar-refractivity contribution < 1.29 is 14.3 Å². The van der Waals surface area contributed by atoms with Crippen LogP contribution in [-0.4, -0.2) is 85.3 Å². The molecule has 2 aliphatic rings. The van der Waals surface area contributed by atoms with E-state index in [1.165, 1.54) is 0 Å². The van der Waals surface area contributed by atoms with Crippen LogP contribution >= 0.6 is 0 Å². The van der Waals surface area contributed by atoms with Crippen molar-refractivity contribution in [1.82, 2.24) is 19.8 Å². The van der Waals surface area contributed by atoms with Gasteiger partial charge in [0.25, 0.3) is 5.91 Å². The van der Waals surface area contributed by atoms with E-state index in [0.29, 0.717) is 23.2 Å². The summed E-state index contributed by atoms with van der Waals surface area (Å²) in [6.45, 7) is 7.20. The number of hydrogen-bond acceptors (Lipinski definition) is 7. The Balaban J connectivity index is 1.29. The van der Waals surface area contributed by atoms with Crippen molar-refractivity contribution in [2.24, 2.45) is 0 Å². The van der Waals surface area contributed by atoms with Crippen LogP contribution in [0.2, 0.25) is 0 Å². The van der Waals surface area contributed by atoms with E-state index in [2.05, 4.69) is 27.4 Å². The van der Waals surface area contributed by atoms with Gasteiger partial charge in [0.05, 0.1) is 26.0 Å². The SMILES string of the molecule is CNc1cc(Nc2ccc(C(=O)N3CCC(N4CCOCC4)CC3)cc2OC)nc2[nH]cc(C)c12. The topological polar surface area (TPSA) is 94.8 Å². The van der Waals surface area contributed by atoms with Crippen LogP contribution in [0.25, 0.3) is 11.0 Å². The minimum absolute atomic E-state index is 0.0501. The molecule has 2 aromatic heterocycles. The van der Waals surface area contributed by atoms with E-state index in [9.17, 15) is 4.79 Å². The number of piperidine rings is 1. The number of benzene rings is 1. The number of hydrogen-bond donors (Lipinski definition) is 3. The van der Waals surface area contributed by atoms with Gasteiger partial charge >= 0.3 is 0 Å². The summed E-state index contributed by atoms with van der Waals surface area (Å²) >= 11 is 0.